The molecule has 0 aliphatic rings. The molecule has 2 atom stereocenters. The standard InChI is InChI=1S/C12H17F2NO/c1-8(7-16)9(2)15-6-10-3-11(13)5-12(14)4-10/h3-5,8-9,15-16H,6-7H2,1-2H3. The fourth-order valence-electron chi connectivity index (χ4n) is 1.35. The highest BCUT2D eigenvalue weighted by Gasteiger charge is 2.10. The Labute approximate surface area is 94.3 Å². The summed E-state index contributed by atoms with van der Waals surface area (Å²) in [5, 5.41) is 12.0. The second-order valence-corrected chi connectivity index (χ2v) is 4.11. The largest absolute Gasteiger partial charge is 0.396 e. The molecule has 0 saturated heterocycles. The molecule has 0 spiro atoms. The van der Waals surface area contributed by atoms with E-state index in [1.54, 1.807) is 0 Å². The van der Waals surface area contributed by atoms with Crippen LogP contribution in [0.5, 0.6) is 0 Å². The Hall–Kier alpha value is -1.00. The first kappa shape index (κ1) is 13.1. The highest BCUT2D eigenvalue weighted by atomic mass is 19.1. The minimum absolute atomic E-state index is 0.0890. The number of rotatable bonds is 5. The number of nitrogens with one attached hydrogen (secondary N) is 1. The Morgan fingerprint density at radius 3 is 2.25 bits per heavy atom. The van der Waals surface area contributed by atoms with E-state index in [2.05, 4.69) is 5.32 Å². The predicted molar refractivity (Wildman–Crippen MR) is 58.9 cm³/mol. The topological polar surface area (TPSA) is 32.3 Å². The molecule has 0 aliphatic carbocycles. The lowest BCUT2D eigenvalue weighted by molar-refractivity contribution is 0.207. The summed E-state index contributed by atoms with van der Waals surface area (Å²) in [5.74, 6) is -1.03. The number of hydrogen-bond donors (Lipinski definition) is 2. The molecule has 0 amide bonds. The summed E-state index contributed by atoms with van der Waals surface area (Å²) in [6.07, 6.45) is 0. The van der Waals surface area contributed by atoms with Gasteiger partial charge in [0.15, 0.2) is 0 Å². The van der Waals surface area contributed by atoms with Gasteiger partial charge in [0.1, 0.15) is 11.6 Å². The Bertz CT molecular complexity index is 324. The minimum atomic E-state index is -0.570. The van der Waals surface area contributed by atoms with Crippen molar-refractivity contribution in [3.63, 3.8) is 0 Å². The van der Waals surface area contributed by atoms with E-state index in [-0.39, 0.29) is 18.6 Å². The molecule has 0 saturated carbocycles. The first-order chi connectivity index (χ1) is 7.52. The second-order valence-electron chi connectivity index (χ2n) is 4.11. The molecule has 0 heterocycles. The molecule has 1 rings (SSSR count). The highest BCUT2D eigenvalue weighted by Crippen LogP contribution is 2.09. The predicted octanol–water partition coefficient (Wildman–Crippen LogP) is 2.07. The van der Waals surface area contributed by atoms with Gasteiger partial charge < -0.3 is 10.4 Å². The number of benzene rings is 1. The molecule has 16 heavy (non-hydrogen) atoms. The molecule has 0 bridgehead atoms. The van der Waals surface area contributed by atoms with E-state index < -0.39 is 11.6 Å². The van der Waals surface area contributed by atoms with Gasteiger partial charge in [0, 0.05) is 25.3 Å². The summed E-state index contributed by atoms with van der Waals surface area (Å²) < 4.78 is 25.7. The van der Waals surface area contributed by atoms with Crippen molar-refractivity contribution >= 4 is 0 Å². The van der Waals surface area contributed by atoms with Gasteiger partial charge in [-0.1, -0.05) is 6.92 Å². The van der Waals surface area contributed by atoms with E-state index in [0.29, 0.717) is 12.1 Å². The number of aliphatic hydroxyl groups is 1. The van der Waals surface area contributed by atoms with Crippen LogP contribution in [0.15, 0.2) is 18.2 Å². The van der Waals surface area contributed by atoms with E-state index in [9.17, 15) is 8.78 Å². The van der Waals surface area contributed by atoms with Crippen LogP contribution in [-0.4, -0.2) is 17.8 Å². The van der Waals surface area contributed by atoms with Crippen LogP contribution in [0.25, 0.3) is 0 Å². The number of halogens is 2. The summed E-state index contributed by atoms with van der Waals surface area (Å²) in [7, 11) is 0. The van der Waals surface area contributed by atoms with Crippen molar-refractivity contribution in [3.8, 4) is 0 Å². The van der Waals surface area contributed by atoms with Crippen LogP contribution in [0, 0.1) is 17.6 Å². The summed E-state index contributed by atoms with van der Waals surface area (Å²) in [4.78, 5) is 0. The Morgan fingerprint density at radius 2 is 1.75 bits per heavy atom. The molecule has 90 valence electrons. The van der Waals surface area contributed by atoms with Crippen molar-refractivity contribution in [1.29, 1.82) is 0 Å². The molecular weight excluding hydrogens is 212 g/mol. The summed E-state index contributed by atoms with van der Waals surface area (Å²) in [6.45, 7) is 4.31. The van der Waals surface area contributed by atoms with Crippen LogP contribution < -0.4 is 5.32 Å². The maximum absolute atomic E-state index is 12.9. The molecule has 2 unspecified atom stereocenters. The van der Waals surface area contributed by atoms with Gasteiger partial charge in [-0.3, -0.25) is 0 Å². The highest BCUT2D eigenvalue weighted by molar-refractivity contribution is 5.17. The van der Waals surface area contributed by atoms with Crippen LogP contribution in [0.1, 0.15) is 19.4 Å². The summed E-state index contributed by atoms with van der Waals surface area (Å²) in [6, 6.07) is 3.54. The normalized spacial score (nSPS) is 14.8. The third kappa shape index (κ3) is 3.87. The van der Waals surface area contributed by atoms with Gasteiger partial charge in [-0.2, -0.15) is 0 Å². The van der Waals surface area contributed by atoms with Crippen LogP contribution in [0.4, 0.5) is 8.78 Å². The van der Waals surface area contributed by atoms with E-state index in [1.807, 2.05) is 13.8 Å². The maximum Gasteiger partial charge on any atom is 0.126 e. The molecule has 1 aromatic rings. The molecule has 4 heteroatoms. The van der Waals surface area contributed by atoms with Crippen molar-refractivity contribution in [1.82, 2.24) is 5.32 Å². The third-order valence-corrected chi connectivity index (χ3v) is 2.69. The summed E-state index contributed by atoms with van der Waals surface area (Å²) in [5.41, 5.74) is 0.564. The monoisotopic (exact) mass is 229 g/mol. The minimum Gasteiger partial charge on any atom is -0.396 e. The van der Waals surface area contributed by atoms with E-state index in [0.717, 1.165) is 6.07 Å². The number of aliphatic hydroxyl groups excluding tert-OH is 1. The first-order valence-electron chi connectivity index (χ1n) is 5.32. The van der Waals surface area contributed by atoms with E-state index in [4.69, 9.17) is 5.11 Å². The molecule has 0 aromatic heterocycles. The summed E-state index contributed by atoms with van der Waals surface area (Å²) >= 11 is 0. The van der Waals surface area contributed by atoms with E-state index >= 15 is 0 Å². The van der Waals surface area contributed by atoms with Gasteiger partial charge in [0.25, 0.3) is 0 Å². The van der Waals surface area contributed by atoms with E-state index in [1.165, 1.54) is 12.1 Å². The molecule has 2 nitrogen and oxygen atoms in total. The zero-order chi connectivity index (χ0) is 12.1. The molecule has 0 radical (unpaired) electrons. The SMILES string of the molecule is CC(CO)C(C)NCc1cc(F)cc(F)c1. The van der Waals surface area contributed by atoms with Gasteiger partial charge in [-0.05, 0) is 30.5 Å². The van der Waals surface area contributed by atoms with Gasteiger partial charge in [0.05, 0.1) is 0 Å². The fourth-order valence-corrected chi connectivity index (χ4v) is 1.35. The zero-order valence-electron chi connectivity index (χ0n) is 9.50. The van der Waals surface area contributed by atoms with Crippen molar-refractivity contribution in [2.75, 3.05) is 6.61 Å². The lowest BCUT2D eigenvalue weighted by Crippen LogP contribution is -2.33. The molecule has 1 aromatic carbocycles. The van der Waals surface area contributed by atoms with Crippen LogP contribution in [0.3, 0.4) is 0 Å². The second kappa shape index (κ2) is 5.92. The molecule has 2 N–H and O–H groups in total. The Kier molecular flexibility index (Phi) is 4.83. The van der Waals surface area contributed by atoms with Gasteiger partial charge in [-0.25, -0.2) is 8.78 Å². The van der Waals surface area contributed by atoms with Crippen LogP contribution in [-0.2, 0) is 6.54 Å². The maximum atomic E-state index is 12.9. The molecular formula is C12H17F2NO. The smallest absolute Gasteiger partial charge is 0.126 e. The average Bonchev–Trinajstić information content (AvgIpc) is 2.23. The lowest BCUT2D eigenvalue weighted by atomic mass is 10.0. The van der Waals surface area contributed by atoms with Crippen molar-refractivity contribution in [2.45, 2.75) is 26.4 Å². The Balaban J connectivity index is 2.54. The Morgan fingerprint density at radius 1 is 1.19 bits per heavy atom. The van der Waals surface area contributed by atoms with Crippen molar-refractivity contribution < 1.29 is 13.9 Å². The van der Waals surface area contributed by atoms with Gasteiger partial charge in [0.2, 0.25) is 0 Å². The number of hydrogen-bond acceptors (Lipinski definition) is 2. The van der Waals surface area contributed by atoms with Crippen LogP contribution in [0.2, 0.25) is 0 Å². The third-order valence-electron chi connectivity index (χ3n) is 2.69. The lowest BCUT2D eigenvalue weighted by Gasteiger charge is -2.19. The zero-order valence-corrected chi connectivity index (χ0v) is 9.50. The molecule has 0 aliphatic heterocycles. The van der Waals surface area contributed by atoms with Crippen molar-refractivity contribution in [3.05, 3.63) is 35.4 Å². The molecule has 0 fully saturated rings. The first-order valence-corrected chi connectivity index (χ1v) is 5.32. The van der Waals surface area contributed by atoms with Crippen LogP contribution >= 0.6 is 0 Å². The fraction of sp³-hybridized carbons (Fsp3) is 0.500. The van der Waals surface area contributed by atoms with Gasteiger partial charge in [-0.15, -0.1) is 0 Å². The quantitative estimate of drug-likeness (QED) is 0.810. The van der Waals surface area contributed by atoms with Gasteiger partial charge >= 0.3 is 0 Å². The van der Waals surface area contributed by atoms with Crippen molar-refractivity contribution in [2.24, 2.45) is 5.92 Å². The average molecular weight is 229 g/mol.